The molecule has 0 radical (unpaired) electrons. The van der Waals surface area contributed by atoms with Crippen LogP contribution in [-0.2, 0) is 17.9 Å². The number of benzene rings is 3. The van der Waals surface area contributed by atoms with Crippen molar-refractivity contribution in [2.75, 3.05) is 0 Å². The second-order valence-electron chi connectivity index (χ2n) is 8.29. The Hall–Kier alpha value is -4.52. The van der Waals surface area contributed by atoms with Gasteiger partial charge < -0.3 is 5.32 Å². The molecule has 0 unspecified atom stereocenters. The Bertz CT molecular complexity index is 1570. The van der Waals surface area contributed by atoms with E-state index in [2.05, 4.69) is 5.32 Å². The lowest BCUT2D eigenvalue weighted by Gasteiger charge is -2.14. The molecular formula is C28H23FN4O2. The SMILES string of the molecule is Cc1nn(-c2ccccc2)c2c1c(-c1ccccc1)cc(=O)n2CC(=O)NCc1cccc(F)c1. The summed E-state index contributed by atoms with van der Waals surface area (Å²) >= 11 is 0. The molecule has 5 aromatic rings. The molecule has 0 saturated carbocycles. The van der Waals surface area contributed by atoms with Crippen LogP contribution in [0.15, 0.2) is 95.8 Å². The van der Waals surface area contributed by atoms with E-state index in [0.717, 1.165) is 27.9 Å². The Morgan fingerprint density at radius 2 is 1.66 bits per heavy atom. The van der Waals surface area contributed by atoms with Crippen molar-refractivity contribution in [1.29, 1.82) is 0 Å². The molecule has 0 fully saturated rings. The lowest BCUT2D eigenvalue weighted by Crippen LogP contribution is -2.32. The van der Waals surface area contributed by atoms with Gasteiger partial charge >= 0.3 is 0 Å². The van der Waals surface area contributed by atoms with Crippen LogP contribution in [0, 0.1) is 12.7 Å². The number of carbonyl (C=O) groups excluding carboxylic acids is 1. The van der Waals surface area contributed by atoms with Crippen LogP contribution >= 0.6 is 0 Å². The molecular weight excluding hydrogens is 443 g/mol. The second kappa shape index (κ2) is 9.38. The summed E-state index contributed by atoms with van der Waals surface area (Å²) < 4.78 is 16.6. The van der Waals surface area contributed by atoms with Crippen molar-refractivity contribution in [1.82, 2.24) is 19.7 Å². The van der Waals surface area contributed by atoms with Crippen LogP contribution < -0.4 is 10.9 Å². The number of hydrogen-bond acceptors (Lipinski definition) is 3. The van der Waals surface area contributed by atoms with Crippen molar-refractivity contribution in [2.24, 2.45) is 0 Å². The van der Waals surface area contributed by atoms with Crippen molar-refractivity contribution in [3.63, 3.8) is 0 Å². The molecule has 3 aromatic carbocycles. The quantitative estimate of drug-likeness (QED) is 0.397. The van der Waals surface area contributed by atoms with Crippen molar-refractivity contribution < 1.29 is 9.18 Å². The maximum Gasteiger partial charge on any atom is 0.253 e. The van der Waals surface area contributed by atoms with Gasteiger partial charge in [0.25, 0.3) is 5.56 Å². The van der Waals surface area contributed by atoms with Gasteiger partial charge in [-0.2, -0.15) is 5.10 Å². The van der Waals surface area contributed by atoms with Gasteiger partial charge in [0, 0.05) is 18.0 Å². The number of para-hydroxylation sites is 1. The summed E-state index contributed by atoms with van der Waals surface area (Å²) in [6, 6.07) is 26.8. The number of aromatic nitrogens is 3. The highest BCUT2D eigenvalue weighted by Crippen LogP contribution is 2.31. The smallest absolute Gasteiger partial charge is 0.253 e. The predicted molar refractivity (Wildman–Crippen MR) is 134 cm³/mol. The molecule has 6 nitrogen and oxygen atoms in total. The zero-order chi connectivity index (χ0) is 24.4. The first-order valence-electron chi connectivity index (χ1n) is 11.3. The summed E-state index contributed by atoms with van der Waals surface area (Å²) in [6.07, 6.45) is 0. The average Bonchev–Trinajstić information content (AvgIpc) is 3.22. The molecule has 1 amide bonds. The number of halogens is 1. The first kappa shape index (κ1) is 22.3. The van der Waals surface area contributed by atoms with Crippen molar-refractivity contribution in [3.05, 3.63) is 118 Å². The molecule has 0 spiro atoms. The van der Waals surface area contributed by atoms with Crippen LogP contribution in [0.4, 0.5) is 4.39 Å². The highest BCUT2D eigenvalue weighted by atomic mass is 19.1. The van der Waals surface area contributed by atoms with Crippen LogP contribution in [0.25, 0.3) is 27.8 Å². The van der Waals surface area contributed by atoms with Crippen LogP contribution in [0.5, 0.6) is 0 Å². The summed E-state index contributed by atoms with van der Waals surface area (Å²) in [5, 5.41) is 8.33. The summed E-state index contributed by atoms with van der Waals surface area (Å²) in [7, 11) is 0. The van der Waals surface area contributed by atoms with E-state index in [1.54, 1.807) is 22.9 Å². The van der Waals surface area contributed by atoms with Gasteiger partial charge in [-0.3, -0.25) is 14.2 Å². The van der Waals surface area contributed by atoms with Crippen molar-refractivity contribution in [2.45, 2.75) is 20.0 Å². The maximum absolute atomic E-state index is 13.5. The standard InChI is InChI=1S/C28H23FN4O2/c1-19-27-24(21-10-4-2-5-11-21)16-26(35)32(28(27)33(31-19)23-13-6-3-7-14-23)18-25(34)30-17-20-9-8-12-22(29)15-20/h2-16H,17-18H2,1H3,(H,30,34). The van der Waals surface area contributed by atoms with E-state index in [9.17, 15) is 14.0 Å². The Labute approximate surface area is 201 Å². The Kier molecular flexibility index (Phi) is 5.97. The van der Waals surface area contributed by atoms with E-state index >= 15 is 0 Å². The summed E-state index contributed by atoms with van der Waals surface area (Å²) in [4.78, 5) is 26.2. The topological polar surface area (TPSA) is 68.9 Å². The number of carbonyl (C=O) groups is 1. The highest BCUT2D eigenvalue weighted by Gasteiger charge is 2.21. The number of rotatable bonds is 6. The van der Waals surface area contributed by atoms with Gasteiger partial charge in [0.05, 0.1) is 11.4 Å². The summed E-state index contributed by atoms with van der Waals surface area (Å²) in [5.74, 6) is -0.725. The third kappa shape index (κ3) is 4.48. The first-order chi connectivity index (χ1) is 17.0. The van der Waals surface area contributed by atoms with E-state index in [4.69, 9.17) is 5.10 Å². The average molecular weight is 467 g/mol. The van der Waals surface area contributed by atoms with Crippen molar-refractivity contribution in [3.8, 4) is 16.8 Å². The van der Waals surface area contributed by atoms with Gasteiger partial charge in [0.2, 0.25) is 5.91 Å². The second-order valence-corrected chi connectivity index (χ2v) is 8.29. The zero-order valence-corrected chi connectivity index (χ0v) is 19.1. The van der Waals surface area contributed by atoms with Crippen LogP contribution in [0.3, 0.4) is 0 Å². The van der Waals surface area contributed by atoms with E-state index in [0.29, 0.717) is 11.2 Å². The summed E-state index contributed by atoms with van der Waals surface area (Å²) in [6.45, 7) is 1.86. The molecule has 0 saturated heterocycles. The number of amides is 1. The molecule has 5 rings (SSSR count). The first-order valence-corrected chi connectivity index (χ1v) is 11.3. The molecule has 174 valence electrons. The molecule has 7 heteroatoms. The van der Waals surface area contributed by atoms with E-state index < -0.39 is 0 Å². The monoisotopic (exact) mass is 466 g/mol. The third-order valence-electron chi connectivity index (χ3n) is 5.86. The number of hydrogen-bond donors (Lipinski definition) is 1. The van der Waals surface area contributed by atoms with E-state index in [1.165, 1.54) is 16.7 Å². The minimum atomic E-state index is -0.367. The largest absolute Gasteiger partial charge is 0.350 e. The Morgan fingerprint density at radius 1 is 0.943 bits per heavy atom. The molecule has 0 bridgehead atoms. The number of nitrogens with one attached hydrogen (secondary N) is 1. The number of aryl methyl sites for hydroxylation is 1. The zero-order valence-electron chi connectivity index (χ0n) is 19.1. The molecule has 35 heavy (non-hydrogen) atoms. The number of nitrogens with zero attached hydrogens (tertiary/aromatic N) is 3. The Balaban J connectivity index is 1.61. The lowest BCUT2D eigenvalue weighted by molar-refractivity contribution is -0.121. The lowest BCUT2D eigenvalue weighted by atomic mass is 10.0. The Morgan fingerprint density at radius 3 is 2.37 bits per heavy atom. The van der Waals surface area contributed by atoms with Gasteiger partial charge in [0.15, 0.2) is 0 Å². The van der Waals surface area contributed by atoms with E-state index in [1.807, 2.05) is 67.6 Å². The van der Waals surface area contributed by atoms with Gasteiger partial charge in [-0.1, -0.05) is 60.7 Å². The molecule has 2 aromatic heterocycles. The molecule has 0 aliphatic heterocycles. The van der Waals surface area contributed by atoms with Gasteiger partial charge in [-0.25, -0.2) is 9.07 Å². The fourth-order valence-electron chi connectivity index (χ4n) is 4.25. The van der Waals surface area contributed by atoms with Gasteiger partial charge in [-0.15, -0.1) is 0 Å². The van der Waals surface area contributed by atoms with Crippen LogP contribution in [-0.4, -0.2) is 20.3 Å². The number of pyridine rings is 1. The molecule has 2 heterocycles. The fourth-order valence-corrected chi connectivity index (χ4v) is 4.25. The highest BCUT2D eigenvalue weighted by molar-refractivity contribution is 5.96. The molecule has 0 aliphatic rings. The molecule has 1 N–H and O–H groups in total. The maximum atomic E-state index is 13.5. The summed E-state index contributed by atoms with van der Waals surface area (Å²) in [5.41, 5.74) is 4.06. The normalized spacial score (nSPS) is 11.0. The van der Waals surface area contributed by atoms with Crippen LogP contribution in [0.1, 0.15) is 11.3 Å². The van der Waals surface area contributed by atoms with Gasteiger partial charge in [0.1, 0.15) is 18.0 Å². The molecule has 0 atom stereocenters. The van der Waals surface area contributed by atoms with Gasteiger partial charge in [-0.05, 0) is 47.9 Å². The third-order valence-corrected chi connectivity index (χ3v) is 5.86. The predicted octanol–water partition coefficient (Wildman–Crippen LogP) is 4.62. The van der Waals surface area contributed by atoms with Crippen molar-refractivity contribution >= 4 is 16.9 Å². The van der Waals surface area contributed by atoms with Crippen LogP contribution in [0.2, 0.25) is 0 Å². The number of fused-ring (bicyclic) bond motifs is 1. The fraction of sp³-hybridized carbons (Fsp3) is 0.107. The minimum Gasteiger partial charge on any atom is -0.350 e. The van der Waals surface area contributed by atoms with E-state index in [-0.39, 0.29) is 30.4 Å². The molecule has 0 aliphatic carbocycles. The minimum absolute atomic E-state index is 0.160.